The summed E-state index contributed by atoms with van der Waals surface area (Å²) in [5.41, 5.74) is 0. The van der Waals surface area contributed by atoms with Gasteiger partial charge in [0.1, 0.15) is 10.0 Å². The zero-order valence-corrected chi connectivity index (χ0v) is 17.0. The molecule has 2 aromatic rings. The van der Waals surface area contributed by atoms with Gasteiger partial charge >= 0.3 is 0 Å². The van der Waals surface area contributed by atoms with Gasteiger partial charge in [-0.1, -0.05) is 22.7 Å². The van der Waals surface area contributed by atoms with Gasteiger partial charge < -0.3 is 10.6 Å². The molecule has 0 atom stereocenters. The Labute approximate surface area is 170 Å². The van der Waals surface area contributed by atoms with Crippen molar-refractivity contribution in [3.8, 4) is 0 Å². The molecule has 0 spiro atoms. The van der Waals surface area contributed by atoms with Crippen LogP contribution < -0.4 is 10.6 Å². The molecular formula is C18H22N6O2S2. The highest BCUT2D eigenvalue weighted by Crippen LogP contribution is 2.43. The van der Waals surface area contributed by atoms with Crippen LogP contribution in [-0.4, -0.2) is 32.2 Å². The monoisotopic (exact) mass is 418 g/mol. The van der Waals surface area contributed by atoms with Crippen molar-refractivity contribution >= 4 is 44.8 Å². The summed E-state index contributed by atoms with van der Waals surface area (Å²) in [4.78, 5) is 25.0. The standard InChI is InChI=1S/C18H22N6O2S2/c25-13(19-17-23-21-15(27-17)11-5-6-11)9-1-2-10(4-3-9)14(26)20-18-24-22-16(28-18)12-7-8-12/h9-12H,1-8H2,(H,19,23,25)(H,20,24,26). The molecule has 3 aliphatic rings. The summed E-state index contributed by atoms with van der Waals surface area (Å²) in [7, 11) is 0. The molecule has 5 rings (SSSR count). The highest BCUT2D eigenvalue weighted by atomic mass is 32.1. The molecule has 0 unspecified atom stereocenters. The molecule has 2 amide bonds. The molecule has 0 aliphatic heterocycles. The van der Waals surface area contributed by atoms with Crippen molar-refractivity contribution in [2.45, 2.75) is 63.2 Å². The minimum Gasteiger partial charge on any atom is -0.300 e. The van der Waals surface area contributed by atoms with E-state index in [2.05, 4.69) is 31.0 Å². The second kappa shape index (κ2) is 7.47. The van der Waals surface area contributed by atoms with Gasteiger partial charge in [-0.3, -0.25) is 9.59 Å². The van der Waals surface area contributed by atoms with E-state index in [-0.39, 0.29) is 23.7 Å². The number of carbonyl (C=O) groups is 2. The average Bonchev–Trinajstić information content (AvgIpc) is 3.64. The van der Waals surface area contributed by atoms with Gasteiger partial charge in [-0.05, 0) is 51.4 Å². The van der Waals surface area contributed by atoms with Gasteiger partial charge in [0, 0.05) is 23.7 Å². The predicted molar refractivity (Wildman–Crippen MR) is 106 cm³/mol. The molecule has 148 valence electrons. The van der Waals surface area contributed by atoms with E-state index in [1.807, 2.05) is 0 Å². The molecule has 3 saturated carbocycles. The topological polar surface area (TPSA) is 110 Å². The van der Waals surface area contributed by atoms with Crippen LogP contribution in [0.25, 0.3) is 0 Å². The van der Waals surface area contributed by atoms with E-state index in [0.717, 1.165) is 10.0 Å². The van der Waals surface area contributed by atoms with Crippen LogP contribution in [0.1, 0.15) is 73.2 Å². The third-order valence-corrected chi connectivity index (χ3v) is 7.67. The first-order valence-corrected chi connectivity index (χ1v) is 11.6. The van der Waals surface area contributed by atoms with Crippen molar-refractivity contribution < 1.29 is 9.59 Å². The minimum atomic E-state index is -0.0691. The Morgan fingerprint density at radius 3 is 1.39 bits per heavy atom. The lowest BCUT2D eigenvalue weighted by atomic mass is 9.81. The van der Waals surface area contributed by atoms with Crippen LogP contribution in [0.3, 0.4) is 0 Å². The molecule has 10 heteroatoms. The van der Waals surface area contributed by atoms with E-state index in [1.165, 1.54) is 48.4 Å². The van der Waals surface area contributed by atoms with Crippen LogP contribution in [0.2, 0.25) is 0 Å². The Morgan fingerprint density at radius 1 is 0.643 bits per heavy atom. The molecule has 0 aromatic carbocycles. The third-order valence-electron chi connectivity index (χ3n) is 5.66. The van der Waals surface area contributed by atoms with E-state index in [4.69, 9.17) is 0 Å². The fourth-order valence-electron chi connectivity index (χ4n) is 3.59. The summed E-state index contributed by atoms with van der Waals surface area (Å²) in [5, 5.41) is 25.5. The van der Waals surface area contributed by atoms with Crippen LogP contribution in [0.4, 0.5) is 10.3 Å². The maximum atomic E-state index is 12.5. The molecule has 8 nitrogen and oxygen atoms in total. The average molecular weight is 419 g/mol. The molecule has 2 N–H and O–H groups in total. The van der Waals surface area contributed by atoms with Crippen molar-refractivity contribution in [3.05, 3.63) is 10.0 Å². The Balaban J connectivity index is 1.09. The summed E-state index contributed by atoms with van der Waals surface area (Å²) < 4.78 is 0. The summed E-state index contributed by atoms with van der Waals surface area (Å²) in [6, 6.07) is 0. The zero-order chi connectivity index (χ0) is 19.1. The van der Waals surface area contributed by atoms with Crippen LogP contribution in [0, 0.1) is 11.8 Å². The van der Waals surface area contributed by atoms with E-state index in [0.29, 0.717) is 47.8 Å². The second-order valence-electron chi connectivity index (χ2n) is 7.97. The fraction of sp³-hybridized carbons (Fsp3) is 0.667. The molecule has 28 heavy (non-hydrogen) atoms. The fourth-order valence-corrected chi connectivity index (χ4v) is 5.42. The van der Waals surface area contributed by atoms with Gasteiger partial charge in [0.15, 0.2) is 0 Å². The van der Waals surface area contributed by atoms with Gasteiger partial charge in [-0.25, -0.2) is 0 Å². The summed E-state index contributed by atoms with van der Waals surface area (Å²) in [6.45, 7) is 0. The highest BCUT2D eigenvalue weighted by molar-refractivity contribution is 7.15. The SMILES string of the molecule is O=C(Nc1nnc(C2CC2)s1)C1CCC(C(=O)Nc2nnc(C3CC3)s2)CC1. The number of nitrogens with zero attached hydrogens (tertiary/aromatic N) is 4. The van der Waals surface area contributed by atoms with Crippen LogP contribution in [0.15, 0.2) is 0 Å². The summed E-state index contributed by atoms with van der Waals surface area (Å²) in [5.74, 6) is 0.947. The van der Waals surface area contributed by atoms with Crippen molar-refractivity contribution in [1.29, 1.82) is 0 Å². The summed E-state index contributed by atoms with van der Waals surface area (Å²) in [6.07, 6.45) is 7.54. The number of amides is 2. The molecule has 0 saturated heterocycles. The first-order chi connectivity index (χ1) is 13.7. The van der Waals surface area contributed by atoms with Crippen LogP contribution in [-0.2, 0) is 9.59 Å². The molecule has 3 aliphatic carbocycles. The van der Waals surface area contributed by atoms with E-state index < -0.39 is 0 Å². The lowest BCUT2D eigenvalue weighted by Gasteiger charge is -2.26. The quantitative estimate of drug-likeness (QED) is 0.743. The maximum absolute atomic E-state index is 12.5. The maximum Gasteiger partial charge on any atom is 0.229 e. The smallest absolute Gasteiger partial charge is 0.229 e. The zero-order valence-electron chi connectivity index (χ0n) is 15.4. The van der Waals surface area contributed by atoms with Gasteiger partial charge in [0.25, 0.3) is 0 Å². The third kappa shape index (κ3) is 4.07. The van der Waals surface area contributed by atoms with E-state index >= 15 is 0 Å². The normalized spacial score (nSPS) is 24.7. The lowest BCUT2D eigenvalue weighted by Crippen LogP contribution is -2.32. The second-order valence-corrected chi connectivity index (χ2v) is 9.98. The lowest BCUT2D eigenvalue weighted by molar-refractivity contribution is -0.125. The van der Waals surface area contributed by atoms with Crippen molar-refractivity contribution in [3.63, 3.8) is 0 Å². The van der Waals surface area contributed by atoms with Crippen molar-refractivity contribution in [2.24, 2.45) is 11.8 Å². The Kier molecular flexibility index (Phi) is 4.83. The molecule has 0 radical (unpaired) electrons. The molecule has 3 fully saturated rings. The highest BCUT2D eigenvalue weighted by Gasteiger charge is 2.32. The number of hydrogen-bond acceptors (Lipinski definition) is 8. The number of hydrogen-bond donors (Lipinski definition) is 2. The van der Waals surface area contributed by atoms with Crippen molar-refractivity contribution in [1.82, 2.24) is 20.4 Å². The Morgan fingerprint density at radius 2 is 1.04 bits per heavy atom. The van der Waals surface area contributed by atoms with Crippen LogP contribution in [0.5, 0.6) is 0 Å². The first kappa shape index (κ1) is 18.1. The van der Waals surface area contributed by atoms with Gasteiger partial charge in [-0.2, -0.15) is 0 Å². The van der Waals surface area contributed by atoms with E-state index in [1.54, 1.807) is 0 Å². The molecule has 2 aromatic heterocycles. The number of carbonyl (C=O) groups excluding carboxylic acids is 2. The van der Waals surface area contributed by atoms with Crippen LogP contribution >= 0.6 is 22.7 Å². The Hall–Kier alpha value is -1.94. The van der Waals surface area contributed by atoms with Crippen molar-refractivity contribution in [2.75, 3.05) is 10.6 Å². The number of aromatic nitrogens is 4. The van der Waals surface area contributed by atoms with Gasteiger partial charge in [0.05, 0.1) is 0 Å². The summed E-state index contributed by atoms with van der Waals surface area (Å²) >= 11 is 2.96. The molecular weight excluding hydrogens is 396 g/mol. The number of rotatable bonds is 6. The van der Waals surface area contributed by atoms with Gasteiger partial charge in [-0.15, -0.1) is 20.4 Å². The molecule has 2 heterocycles. The molecule has 0 bridgehead atoms. The predicted octanol–water partition coefficient (Wildman–Crippen LogP) is 3.53. The number of nitrogens with one attached hydrogen (secondary N) is 2. The minimum absolute atomic E-state index is 0.00412. The number of anilines is 2. The first-order valence-electron chi connectivity index (χ1n) is 9.94. The van der Waals surface area contributed by atoms with E-state index in [9.17, 15) is 9.59 Å². The largest absolute Gasteiger partial charge is 0.300 e. The van der Waals surface area contributed by atoms with Gasteiger partial charge in [0.2, 0.25) is 22.1 Å². The Bertz CT molecular complexity index is 808.